The summed E-state index contributed by atoms with van der Waals surface area (Å²) < 4.78 is 0.903. The predicted molar refractivity (Wildman–Crippen MR) is 76.4 cm³/mol. The van der Waals surface area contributed by atoms with Crippen molar-refractivity contribution in [3.05, 3.63) is 34.8 Å². The zero-order valence-electron chi connectivity index (χ0n) is 10.4. The highest BCUT2D eigenvalue weighted by atomic mass is 79.9. The first kappa shape index (κ1) is 13.4. The number of nitrogens with zero attached hydrogens (tertiary/aromatic N) is 4. The highest BCUT2D eigenvalue weighted by Crippen LogP contribution is 2.22. The van der Waals surface area contributed by atoms with E-state index in [1.807, 2.05) is 19.1 Å². The number of pyridine rings is 1. The molecular weight excluding hydrogens is 306 g/mol. The van der Waals surface area contributed by atoms with E-state index in [9.17, 15) is 0 Å². The molecule has 0 aliphatic rings. The third kappa shape index (κ3) is 3.73. The van der Waals surface area contributed by atoms with E-state index in [1.54, 1.807) is 12.4 Å². The van der Waals surface area contributed by atoms with Gasteiger partial charge in [0.2, 0.25) is 0 Å². The number of hydrogen-bond acceptors (Lipinski definition) is 5. The fourth-order valence-electron chi connectivity index (χ4n) is 1.60. The number of aromatic nitrogens is 3. The van der Waals surface area contributed by atoms with Gasteiger partial charge in [-0.25, -0.2) is 9.97 Å². The van der Waals surface area contributed by atoms with Gasteiger partial charge in [0.25, 0.3) is 0 Å². The van der Waals surface area contributed by atoms with Gasteiger partial charge in [0.1, 0.15) is 11.6 Å². The Morgan fingerprint density at radius 2 is 2.16 bits per heavy atom. The standard InChI is InChI=1S/C13H12BrN5/c1-9-18-12(10-5-11(14)8-16-7-10)6-13(19-9)17-4-2-3-15/h5-8H,2,4H2,1H3,(H,17,18,19). The van der Waals surface area contributed by atoms with Crippen LogP contribution < -0.4 is 5.32 Å². The third-order valence-corrected chi connectivity index (χ3v) is 2.82. The lowest BCUT2D eigenvalue weighted by Gasteiger charge is -2.07. The summed E-state index contributed by atoms with van der Waals surface area (Å²) in [7, 11) is 0. The first-order valence-corrected chi connectivity index (χ1v) is 6.56. The van der Waals surface area contributed by atoms with Crippen molar-refractivity contribution in [1.82, 2.24) is 15.0 Å². The Balaban J connectivity index is 2.29. The van der Waals surface area contributed by atoms with Crippen LogP contribution in [0.3, 0.4) is 0 Å². The molecule has 0 fully saturated rings. The van der Waals surface area contributed by atoms with E-state index in [1.165, 1.54) is 0 Å². The van der Waals surface area contributed by atoms with Gasteiger partial charge in [0.05, 0.1) is 18.2 Å². The monoisotopic (exact) mass is 317 g/mol. The van der Waals surface area contributed by atoms with E-state index < -0.39 is 0 Å². The van der Waals surface area contributed by atoms with Gasteiger partial charge in [0.15, 0.2) is 0 Å². The van der Waals surface area contributed by atoms with Gasteiger partial charge in [-0.3, -0.25) is 4.98 Å². The van der Waals surface area contributed by atoms with E-state index >= 15 is 0 Å². The Hall–Kier alpha value is -2.00. The van der Waals surface area contributed by atoms with Crippen LogP contribution in [0.15, 0.2) is 29.0 Å². The van der Waals surface area contributed by atoms with Gasteiger partial charge in [-0.1, -0.05) is 0 Å². The van der Waals surface area contributed by atoms with E-state index in [0.29, 0.717) is 18.8 Å². The molecule has 2 rings (SSSR count). The van der Waals surface area contributed by atoms with Gasteiger partial charge < -0.3 is 5.32 Å². The Kier molecular flexibility index (Phi) is 4.42. The van der Waals surface area contributed by atoms with E-state index in [0.717, 1.165) is 21.5 Å². The molecule has 0 atom stereocenters. The summed E-state index contributed by atoms with van der Waals surface area (Å²) in [6, 6.07) is 5.89. The molecular formula is C13H12BrN5. The summed E-state index contributed by atoms with van der Waals surface area (Å²) in [6.45, 7) is 2.41. The summed E-state index contributed by atoms with van der Waals surface area (Å²) in [6.07, 6.45) is 3.92. The van der Waals surface area contributed by atoms with Crippen LogP contribution in [-0.4, -0.2) is 21.5 Å². The normalized spacial score (nSPS) is 9.95. The van der Waals surface area contributed by atoms with Gasteiger partial charge in [-0.05, 0) is 28.9 Å². The van der Waals surface area contributed by atoms with Crippen molar-refractivity contribution in [2.45, 2.75) is 13.3 Å². The van der Waals surface area contributed by atoms with Crippen LogP contribution in [0.2, 0.25) is 0 Å². The Morgan fingerprint density at radius 1 is 1.32 bits per heavy atom. The predicted octanol–water partition coefficient (Wildman–Crippen LogP) is 2.94. The highest BCUT2D eigenvalue weighted by Gasteiger charge is 2.05. The molecule has 0 aliphatic heterocycles. The molecule has 0 unspecified atom stereocenters. The molecule has 5 nitrogen and oxygen atoms in total. The maximum Gasteiger partial charge on any atom is 0.130 e. The van der Waals surface area contributed by atoms with E-state index in [2.05, 4.69) is 42.3 Å². The second kappa shape index (κ2) is 6.25. The fourth-order valence-corrected chi connectivity index (χ4v) is 1.97. The van der Waals surface area contributed by atoms with Gasteiger partial charge >= 0.3 is 0 Å². The first-order valence-electron chi connectivity index (χ1n) is 5.76. The number of nitriles is 1. The average Bonchev–Trinajstić information content (AvgIpc) is 2.38. The maximum absolute atomic E-state index is 8.53. The summed E-state index contributed by atoms with van der Waals surface area (Å²) in [4.78, 5) is 12.8. The number of anilines is 1. The molecule has 0 saturated carbocycles. The van der Waals surface area contributed by atoms with Gasteiger partial charge in [-0.15, -0.1) is 0 Å². The smallest absolute Gasteiger partial charge is 0.130 e. The quantitative estimate of drug-likeness (QED) is 0.877. The Bertz CT molecular complexity index is 621. The molecule has 96 valence electrons. The minimum absolute atomic E-state index is 0.441. The number of rotatable bonds is 4. The molecule has 2 aromatic heterocycles. The molecule has 0 saturated heterocycles. The molecule has 6 heteroatoms. The minimum atomic E-state index is 0.441. The molecule has 0 bridgehead atoms. The highest BCUT2D eigenvalue weighted by molar-refractivity contribution is 9.10. The Morgan fingerprint density at radius 3 is 2.89 bits per heavy atom. The molecule has 0 aromatic carbocycles. The van der Waals surface area contributed by atoms with E-state index in [4.69, 9.17) is 5.26 Å². The van der Waals surface area contributed by atoms with Crippen LogP contribution in [0, 0.1) is 18.3 Å². The summed E-state index contributed by atoms with van der Waals surface area (Å²) in [5.41, 5.74) is 1.73. The second-order valence-corrected chi connectivity index (χ2v) is 4.83. The maximum atomic E-state index is 8.53. The second-order valence-electron chi connectivity index (χ2n) is 3.91. The van der Waals surface area contributed by atoms with Crippen LogP contribution in [0.1, 0.15) is 12.2 Å². The zero-order valence-corrected chi connectivity index (χ0v) is 12.0. The SMILES string of the molecule is Cc1nc(NCCC#N)cc(-c2cncc(Br)c2)n1. The van der Waals surface area contributed by atoms with Crippen molar-refractivity contribution in [3.63, 3.8) is 0 Å². The topological polar surface area (TPSA) is 74.5 Å². The molecule has 19 heavy (non-hydrogen) atoms. The van der Waals surface area contributed by atoms with Gasteiger partial charge in [-0.2, -0.15) is 5.26 Å². The molecule has 2 heterocycles. The molecule has 0 radical (unpaired) electrons. The molecule has 0 spiro atoms. The largest absolute Gasteiger partial charge is 0.369 e. The van der Waals surface area contributed by atoms with Crippen molar-refractivity contribution >= 4 is 21.7 Å². The third-order valence-electron chi connectivity index (χ3n) is 2.38. The van der Waals surface area contributed by atoms with Crippen LogP contribution in [0.25, 0.3) is 11.3 Å². The van der Waals surface area contributed by atoms with Crippen LogP contribution in [-0.2, 0) is 0 Å². The number of aryl methyl sites for hydroxylation is 1. The van der Waals surface area contributed by atoms with Crippen LogP contribution >= 0.6 is 15.9 Å². The van der Waals surface area contributed by atoms with Crippen molar-refractivity contribution in [1.29, 1.82) is 5.26 Å². The minimum Gasteiger partial charge on any atom is -0.369 e. The van der Waals surface area contributed by atoms with Crippen molar-refractivity contribution < 1.29 is 0 Å². The first-order chi connectivity index (χ1) is 9.19. The summed E-state index contributed by atoms with van der Waals surface area (Å²) >= 11 is 3.39. The Labute approximate surface area is 119 Å². The van der Waals surface area contributed by atoms with Gasteiger partial charge in [0, 0.05) is 35.0 Å². The number of nitrogens with one attached hydrogen (secondary N) is 1. The zero-order chi connectivity index (χ0) is 13.7. The lowest BCUT2D eigenvalue weighted by atomic mass is 10.2. The average molecular weight is 318 g/mol. The van der Waals surface area contributed by atoms with Crippen LogP contribution in [0.5, 0.6) is 0 Å². The molecule has 1 N–H and O–H groups in total. The van der Waals surface area contributed by atoms with Crippen LogP contribution in [0.4, 0.5) is 5.82 Å². The summed E-state index contributed by atoms with van der Waals surface area (Å²) in [5, 5.41) is 11.6. The van der Waals surface area contributed by atoms with E-state index in [-0.39, 0.29) is 0 Å². The lowest BCUT2D eigenvalue weighted by molar-refractivity contribution is 1.01. The van der Waals surface area contributed by atoms with Crippen molar-refractivity contribution in [3.8, 4) is 17.3 Å². The molecule has 0 amide bonds. The lowest BCUT2D eigenvalue weighted by Crippen LogP contribution is -2.04. The number of halogens is 1. The molecule has 2 aromatic rings. The molecule has 0 aliphatic carbocycles. The number of hydrogen-bond donors (Lipinski definition) is 1. The van der Waals surface area contributed by atoms with Crippen molar-refractivity contribution in [2.24, 2.45) is 0 Å². The van der Waals surface area contributed by atoms with Crippen molar-refractivity contribution in [2.75, 3.05) is 11.9 Å². The summed E-state index contributed by atoms with van der Waals surface area (Å²) in [5.74, 6) is 1.40. The fraction of sp³-hybridized carbons (Fsp3) is 0.231.